The highest BCUT2D eigenvalue weighted by atomic mass is 16.5. The molecule has 168 valence electrons. The van der Waals surface area contributed by atoms with Crippen LogP contribution in [0.3, 0.4) is 0 Å². The fourth-order valence-corrected chi connectivity index (χ4v) is 3.91. The average Bonchev–Trinajstić information content (AvgIpc) is 2.76. The second-order valence-corrected chi connectivity index (χ2v) is 7.93. The van der Waals surface area contributed by atoms with E-state index in [9.17, 15) is 5.11 Å². The summed E-state index contributed by atoms with van der Waals surface area (Å²) >= 11 is 0. The number of nitrogens with zero attached hydrogens (tertiary/aromatic N) is 2. The van der Waals surface area contributed by atoms with Gasteiger partial charge in [-0.1, -0.05) is 6.07 Å². The molecule has 8 heteroatoms. The van der Waals surface area contributed by atoms with Crippen LogP contribution in [0.15, 0.2) is 23.2 Å². The highest BCUT2D eigenvalue weighted by Gasteiger charge is 2.34. The van der Waals surface area contributed by atoms with Crippen LogP contribution in [0.25, 0.3) is 0 Å². The van der Waals surface area contributed by atoms with Crippen LogP contribution >= 0.6 is 0 Å². The number of hydrogen-bond acceptors (Lipinski definition) is 6. The van der Waals surface area contributed by atoms with Crippen molar-refractivity contribution >= 4 is 5.96 Å². The summed E-state index contributed by atoms with van der Waals surface area (Å²) in [5.74, 6) is 2.18. The Labute approximate surface area is 179 Å². The molecule has 1 aliphatic heterocycles. The van der Waals surface area contributed by atoms with E-state index < -0.39 is 5.60 Å². The third-order valence-corrected chi connectivity index (χ3v) is 5.90. The molecule has 1 aromatic carbocycles. The van der Waals surface area contributed by atoms with E-state index in [0.29, 0.717) is 13.1 Å². The molecule has 1 atom stereocenters. The summed E-state index contributed by atoms with van der Waals surface area (Å²) in [6, 6.07) is 6.21. The molecule has 2 aliphatic rings. The largest absolute Gasteiger partial charge is 0.493 e. The Morgan fingerprint density at radius 2 is 1.93 bits per heavy atom. The van der Waals surface area contributed by atoms with Gasteiger partial charge < -0.3 is 30.0 Å². The minimum absolute atomic E-state index is 0.129. The molecule has 1 aromatic rings. The summed E-state index contributed by atoms with van der Waals surface area (Å²) in [5, 5.41) is 17.2. The van der Waals surface area contributed by atoms with Gasteiger partial charge in [-0.05, 0) is 43.9 Å². The predicted octanol–water partition coefficient (Wildman–Crippen LogP) is 1.55. The van der Waals surface area contributed by atoms with Crippen molar-refractivity contribution in [3.63, 3.8) is 0 Å². The first-order valence-electron chi connectivity index (χ1n) is 10.9. The lowest BCUT2D eigenvalue weighted by Gasteiger charge is -2.36. The lowest BCUT2D eigenvalue weighted by Crippen LogP contribution is -2.47. The van der Waals surface area contributed by atoms with Crippen molar-refractivity contribution in [3.8, 4) is 11.5 Å². The molecule has 1 saturated carbocycles. The van der Waals surface area contributed by atoms with Crippen molar-refractivity contribution < 1.29 is 19.3 Å². The molecule has 1 aliphatic carbocycles. The summed E-state index contributed by atoms with van der Waals surface area (Å²) in [7, 11) is 3.30. The second kappa shape index (κ2) is 10.8. The SMILES string of the molecule is CCNC(=NCC1(O)CCC1)NCC(c1ccc(OC)c(OC)c1)N1CCOCC1. The number of morpholine rings is 1. The van der Waals surface area contributed by atoms with Crippen molar-refractivity contribution in [2.24, 2.45) is 4.99 Å². The van der Waals surface area contributed by atoms with Crippen LogP contribution in [-0.2, 0) is 4.74 Å². The minimum atomic E-state index is -0.630. The summed E-state index contributed by atoms with van der Waals surface area (Å²) in [5.41, 5.74) is 0.519. The molecule has 0 spiro atoms. The van der Waals surface area contributed by atoms with Crippen LogP contribution in [-0.4, -0.2) is 81.7 Å². The third-order valence-electron chi connectivity index (χ3n) is 5.90. The number of rotatable bonds is 9. The monoisotopic (exact) mass is 420 g/mol. The zero-order valence-electron chi connectivity index (χ0n) is 18.4. The molecule has 2 fully saturated rings. The van der Waals surface area contributed by atoms with Gasteiger partial charge in [-0.15, -0.1) is 0 Å². The van der Waals surface area contributed by atoms with Crippen molar-refractivity contribution in [2.45, 2.75) is 37.8 Å². The Bertz CT molecular complexity index is 702. The molecule has 1 heterocycles. The topological polar surface area (TPSA) is 87.6 Å². The van der Waals surface area contributed by atoms with Gasteiger partial charge in [0.1, 0.15) is 0 Å². The number of aliphatic hydroxyl groups is 1. The maximum Gasteiger partial charge on any atom is 0.191 e. The fraction of sp³-hybridized carbons (Fsp3) is 0.682. The van der Waals surface area contributed by atoms with E-state index in [2.05, 4.69) is 26.6 Å². The van der Waals surface area contributed by atoms with Crippen molar-refractivity contribution in [1.29, 1.82) is 0 Å². The number of benzene rings is 1. The van der Waals surface area contributed by atoms with Gasteiger partial charge in [-0.3, -0.25) is 9.89 Å². The summed E-state index contributed by atoms with van der Waals surface area (Å²) < 4.78 is 16.5. The summed E-state index contributed by atoms with van der Waals surface area (Å²) in [6.07, 6.45) is 2.74. The zero-order valence-corrected chi connectivity index (χ0v) is 18.4. The van der Waals surface area contributed by atoms with E-state index in [4.69, 9.17) is 14.2 Å². The molecule has 30 heavy (non-hydrogen) atoms. The van der Waals surface area contributed by atoms with Gasteiger partial charge in [0.25, 0.3) is 0 Å². The summed E-state index contributed by atoms with van der Waals surface area (Å²) in [4.78, 5) is 7.05. The van der Waals surface area contributed by atoms with Gasteiger partial charge in [0.2, 0.25) is 0 Å². The van der Waals surface area contributed by atoms with Gasteiger partial charge in [0.05, 0.1) is 45.6 Å². The molecule has 3 N–H and O–H groups in total. The van der Waals surface area contributed by atoms with Gasteiger partial charge in [0, 0.05) is 26.2 Å². The van der Waals surface area contributed by atoms with Gasteiger partial charge >= 0.3 is 0 Å². The lowest BCUT2D eigenvalue weighted by atomic mass is 9.80. The van der Waals surface area contributed by atoms with Gasteiger partial charge in [-0.2, -0.15) is 0 Å². The minimum Gasteiger partial charge on any atom is -0.493 e. The van der Waals surface area contributed by atoms with E-state index >= 15 is 0 Å². The molecule has 1 saturated heterocycles. The maximum atomic E-state index is 10.4. The second-order valence-electron chi connectivity index (χ2n) is 7.93. The number of aliphatic imine (C=N–C) groups is 1. The Hall–Kier alpha value is -2.03. The van der Waals surface area contributed by atoms with Crippen LogP contribution in [0, 0.1) is 0 Å². The molecule has 0 bridgehead atoms. The first kappa shape index (κ1) is 22.7. The van der Waals surface area contributed by atoms with E-state index in [1.54, 1.807) is 14.2 Å². The quantitative estimate of drug-likeness (QED) is 0.413. The van der Waals surface area contributed by atoms with Crippen molar-refractivity contribution in [1.82, 2.24) is 15.5 Å². The first-order valence-corrected chi connectivity index (χ1v) is 10.9. The molecule has 1 unspecified atom stereocenters. The first-order chi connectivity index (χ1) is 14.6. The average molecular weight is 421 g/mol. The molecule has 8 nitrogen and oxygen atoms in total. The lowest BCUT2D eigenvalue weighted by molar-refractivity contribution is -0.0236. The Balaban J connectivity index is 1.75. The molecular formula is C22H36N4O4. The molecular weight excluding hydrogens is 384 g/mol. The predicted molar refractivity (Wildman–Crippen MR) is 117 cm³/mol. The fourth-order valence-electron chi connectivity index (χ4n) is 3.91. The van der Waals surface area contributed by atoms with Crippen LogP contribution < -0.4 is 20.1 Å². The van der Waals surface area contributed by atoms with Gasteiger partial charge in [0.15, 0.2) is 17.5 Å². The van der Waals surface area contributed by atoms with Crippen LogP contribution in [0.5, 0.6) is 11.5 Å². The third kappa shape index (κ3) is 5.77. The van der Waals surface area contributed by atoms with E-state index in [1.807, 2.05) is 19.1 Å². The van der Waals surface area contributed by atoms with E-state index in [-0.39, 0.29) is 6.04 Å². The molecule has 0 radical (unpaired) electrons. The summed E-state index contributed by atoms with van der Waals surface area (Å²) in [6.45, 7) is 7.12. The van der Waals surface area contributed by atoms with Crippen LogP contribution in [0.1, 0.15) is 37.8 Å². The number of guanidine groups is 1. The normalized spacial score (nSPS) is 20.2. The number of hydrogen-bond donors (Lipinski definition) is 3. The van der Waals surface area contributed by atoms with Crippen LogP contribution in [0.4, 0.5) is 0 Å². The van der Waals surface area contributed by atoms with Gasteiger partial charge in [-0.25, -0.2) is 0 Å². The number of nitrogens with one attached hydrogen (secondary N) is 2. The zero-order chi connectivity index (χ0) is 21.4. The van der Waals surface area contributed by atoms with Crippen LogP contribution in [0.2, 0.25) is 0 Å². The molecule has 0 aromatic heterocycles. The Morgan fingerprint density at radius 3 is 2.53 bits per heavy atom. The molecule has 3 rings (SSSR count). The van der Waals surface area contributed by atoms with Crippen molar-refractivity contribution in [3.05, 3.63) is 23.8 Å². The Morgan fingerprint density at radius 1 is 1.20 bits per heavy atom. The number of ether oxygens (including phenoxy) is 3. The smallest absolute Gasteiger partial charge is 0.191 e. The van der Waals surface area contributed by atoms with Crippen molar-refractivity contribution in [2.75, 3.05) is 60.2 Å². The number of methoxy groups -OCH3 is 2. The van der Waals surface area contributed by atoms with E-state index in [0.717, 1.165) is 75.1 Å². The maximum absolute atomic E-state index is 10.4. The van der Waals surface area contributed by atoms with E-state index in [1.165, 1.54) is 0 Å². The molecule has 0 amide bonds. The standard InChI is InChI=1S/C22H36N4O4/c1-4-23-21(25-16-22(27)8-5-9-22)24-15-18(26-10-12-30-13-11-26)17-6-7-19(28-2)20(14-17)29-3/h6-7,14,18,27H,4-5,8-13,15-16H2,1-3H3,(H2,23,24,25). The highest BCUT2D eigenvalue weighted by Crippen LogP contribution is 2.33. The highest BCUT2D eigenvalue weighted by molar-refractivity contribution is 5.79. The Kier molecular flexibility index (Phi) is 8.18.